The molecule has 10 heteroatoms. The Hall–Kier alpha value is -4.18. The van der Waals surface area contributed by atoms with Crippen molar-refractivity contribution in [1.29, 1.82) is 0 Å². The minimum atomic E-state index is -1.17. The van der Waals surface area contributed by atoms with Gasteiger partial charge < -0.3 is 30.0 Å². The van der Waals surface area contributed by atoms with Crippen molar-refractivity contribution in [3.63, 3.8) is 0 Å². The van der Waals surface area contributed by atoms with Gasteiger partial charge in [-0.3, -0.25) is 0 Å². The van der Waals surface area contributed by atoms with Crippen molar-refractivity contribution in [1.82, 2.24) is 15.6 Å². The number of pyridine rings is 1. The fourth-order valence-electron chi connectivity index (χ4n) is 4.61. The molecule has 1 atom stereocenters. The Morgan fingerprint density at radius 1 is 1.15 bits per heavy atom. The zero-order chi connectivity index (χ0) is 27.5. The number of benzene rings is 3. The predicted molar refractivity (Wildman–Crippen MR) is 146 cm³/mol. The zero-order valence-electron chi connectivity index (χ0n) is 20.9. The molecule has 39 heavy (non-hydrogen) atoms. The Morgan fingerprint density at radius 2 is 1.95 bits per heavy atom. The molecule has 0 radical (unpaired) electrons. The number of carboxylic acids is 1. The Bertz CT molecular complexity index is 1670. The maximum atomic E-state index is 13.5. The van der Waals surface area contributed by atoms with Crippen molar-refractivity contribution in [2.45, 2.75) is 12.6 Å². The van der Waals surface area contributed by atoms with E-state index >= 15 is 0 Å². The second kappa shape index (κ2) is 11.3. The minimum absolute atomic E-state index is 0.00301. The molecule has 0 bridgehead atoms. The third kappa shape index (κ3) is 5.24. The highest BCUT2D eigenvalue weighted by Gasteiger charge is 2.28. The maximum Gasteiger partial charge on any atom is 0.339 e. The molecule has 0 saturated carbocycles. The molecule has 0 fully saturated rings. The third-order valence-corrected chi connectivity index (χ3v) is 6.74. The lowest BCUT2D eigenvalue weighted by Crippen LogP contribution is -2.30. The van der Waals surface area contributed by atoms with Gasteiger partial charge >= 0.3 is 5.97 Å². The number of nitrogens with one attached hydrogen (secondary N) is 2. The van der Waals surface area contributed by atoms with Gasteiger partial charge in [0.2, 0.25) is 5.88 Å². The first-order valence-corrected chi connectivity index (χ1v) is 12.6. The Morgan fingerprint density at radius 3 is 2.69 bits per heavy atom. The van der Waals surface area contributed by atoms with Crippen molar-refractivity contribution in [2.75, 3.05) is 20.1 Å². The summed E-state index contributed by atoms with van der Waals surface area (Å²) in [6.07, 6.45) is 2.76. The van der Waals surface area contributed by atoms with E-state index in [0.717, 1.165) is 0 Å². The molecule has 0 aliphatic heterocycles. The third-order valence-electron chi connectivity index (χ3n) is 6.45. The SMILES string of the molecule is CNCCNC(c1ccnc(OCc2ccc(F)c(Cl)c2)c1)c1c(O)c2ccccc2c2occ(C(=O)O)c12. The quantitative estimate of drug-likeness (QED) is 0.165. The van der Waals surface area contributed by atoms with E-state index in [1.54, 1.807) is 48.7 Å². The van der Waals surface area contributed by atoms with Gasteiger partial charge in [-0.1, -0.05) is 41.9 Å². The average molecular weight is 550 g/mol. The number of carbonyl (C=O) groups is 1. The summed E-state index contributed by atoms with van der Waals surface area (Å²) in [6.45, 7) is 1.22. The van der Waals surface area contributed by atoms with Gasteiger partial charge in [-0.25, -0.2) is 14.2 Å². The lowest BCUT2D eigenvalue weighted by Gasteiger charge is -2.23. The molecule has 0 aliphatic rings. The van der Waals surface area contributed by atoms with E-state index in [9.17, 15) is 19.4 Å². The van der Waals surface area contributed by atoms with Crippen molar-refractivity contribution in [3.8, 4) is 11.6 Å². The molecule has 0 aliphatic carbocycles. The Labute approximate surface area is 228 Å². The van der Waals surface area contributed by atoms with Crippen LogP contribution in [-0.2, 0) is 6.61 Å². The molecule has 5 rings (SSSR count). The highest BCUT2D eigenvalue weighted by atomic mass is 35.5. The normalized spacial score (nSPS) is 12.2. The number of aromatic carboxylic acids is 1. The van der Waals surface area contributed by atoms with Crippen LogP contribution in [0.3, 0.4) is 0 Å². The smallest absolute Gasteiger partial charge is 0.339 e. The van der Waals surface area contributed by atoms with Crippen molar-refractivity contribution < 1.29 is 28.6 Å². The molecule has 4 N–H and O–H groups in total. The maximum absolute atomic E-state index is 13.5. The van der Waals surface area contributed by atoms with Crippen molar-refractivity contribution in [2.24, 2.45) is 0 Å². The van der Waals surface area contributed by atoms with Gasteiger partial charge in [0.15, 0.2) is 0 Å². The summed E-state index contributed by atoms with van der Waals surface area (Å²) in [7, 11) is 1.82. The number of furan rings is 1. The van der Waals surface area contributed by atoms with E-state index in [0.29, 0.717) is 51.5 Å². The van der Waals surface area contributed by atoms with Gasteiger partial charge in [-0.05, 0) is 36.4 Å². The standard InChI is InChI=1S/C29H25ClFN3O5/c1-32-10-11-34-26(17-8-9-33-23(13-17)38-14-16-6-7-22(31)21(30)12-16)25-24-20(29(36)37)15-39-28(24)19-5-3-2-4-18(19)27(25)35/h2-9,12-13,15,26,32,34-35H,10-11,14H2,1H3,(H,36,37). The number of nitrogens with zero attached hydrogens (tertiary/aromatic N) is 1. The van der Waals surface area contributed by atoms with E-state index in [1.165, 1.54) is 18.4 Å². The lowest BCUT2D eigenvalue weighted by atomic mass is 9.90. The molecule has 5 aromatic rings. The number of phenols is 1. The number of hydrogen-bond donors (Lipinski definition) is 4. The number of likely N-dealkylation sites (N-methyl/N-ethyl adjacent to an activating group) is 1. The van der Waals surface area contributed by atoms with E-state index < -0.39 is 17.8 Å². The van der Waals surface area contributed by atoms with Crippen molar-refractivity contribution >= 4 is 39.3 Å². The Kier molecular flexibility index (Phi) is 7.65. The summed E-state index contributed by atoms with van der Waals surface area (Å²) in [5.74, 6) is -1.45. The highest BCUT2D eigenvalue weighted by Crippen LogP contribution is 2.44. The van der Waals surface area contributed by atoms with Crippen LogP contribution in [0.5, 0.6) is 11.6 Å². The molecule has 2 heterocycles. The molecular formula is C29H25ClFN3O5. The van der Waals surface area contributed by atoms with E-state index in [4.69, 9.17) is 20.8 Å². The van der Waals surface area contributed by atoms with Crippen LogP contribution in [0.15, 0.2) is 71.5 Å². The van der Waals surface area contributed by atoms with E-state index in [-0.39, 0.29) is 28.8 Å². The zero-order valence-corrected chi connectivity index (χ0v) is 21.6. The first-order chi connectivity index (χ1) is 18.9. The van der Waals surface area contributed by atoms with Crippen LogP contribution in [0, 0.1) is 5.82 Å². The molecule has 200 valence electrons. The number of halogens is 2. The summed E-state index contributed by atoms with van der Waals surface area (Å²) in [5.41, 5.74) is 2.02. The van der Waals surface area contributed by atoms with Gasteiger partial charge in [0.1, 0.15) is 35.6 Å². The second-order valence-corrected chi connectivity index (χ2v) is 9.33. The van der Waals surface area contributed by atoms with Crippen LogP contribution >= 0.6 is 11.6 Å². The van der Waals surface area contributed by atoms with E-state index in [2.05, 4.69) is 15.6 Å². The van der Waals surface area contributed by atoms with Crippen molar-refractivity contribution in [3.05, 3.63) is 100 Å². The predicted octanol–water partition coefficient (Wildman–Crippen LogP) is 5.65. The minimum Gasteiger partial charge on any atom is -0.507 e. The Balaban J connectivity index is 1.62. The van der Waals surface area contributed by atoms with Gasteiger partial charge in [-0.2, -0.15) is 0 Å². The number of aromatic hydroxyl groups is 1. The molecule has 0 spiro atoms. The average Bonchev–Trinajstić information content (AvgIpc) is 3.39. The van der Waals surface area contributed by atoms with Crippen LogP contribution in [-0.4, -0.2) is 41.3 Å². The van der Waals surface area contributed by atoms with E-state index in [1.807, 2.05) is 7.05 Å². The summed E-state index contributed by atoms with van der Waals surface area (Å²) in [6, 6.07) is 14.3. The molecule has 0 saturated heterocycles. The van der Waals surface area contributed by atoms with Crippen LogP contribution in [0.2, 0.25) is 5.02 Å². The number of carboxylic acid groups (broad SMARTS) is 1. The number of ether oxygens (including phenoxy) is 1. The highest BCUT2D eigenvalue weighted by molar-refractivity contribution is 6.30. The number of hydrogen-bond acceptors (Lipinski definition) is 7. The fraction of sp³-hybridized carbons (Fsp3) is 0.172. The summed E-state index contributed by atoms with van der Waals surface area (Å²) in [4.78, 5) is 16.5. The van der Waals surface area contributed by atoms with Gasteiger partial charge in [0.05, 0.1) is 11.1 Å². The second-order valence-electron chi connectivity index (χ2n) is 8.92. The number of aromatic nitrogens is 1. The molecule has 3 aromatic carbocycles. The molecule has 0 amide bonds. The van der Waals surface area contributed by atoms with Gasteiger partial charge in [-0.15, -0.1) is 0 Å². The van der Waals surface area contributed by atoms with Crippen LogP contribution in [0.1, 0.15) is 33.1 Å². The van der Waals surface area contributed by atoms with Crippen LogP contribution < -0.4 is 15.4 Å². The number of phenolic OH excluding ortho intramolecular Hbond substituents is 1. The monoisotopic (exact) mass is 549 g/mol. The van der Waals surface area contributed by atoms with Gasteiger partial charge in [0, 0.05) is 47.1 Å². The van der Waals surface area contributed by atoms with Gasteiger partial charge in [0.25, 0.3) is 0 Å². The summed E-state index contributed by atoms with van der Waals surface area (Å²) >= 11 is 5.89. The number of fused-ring (bicyclic) bond motifs is 3. The molecule has 2 aromatic heterocycles. The molecule has 1 unspecified atom stereocenters. The summed E-state index contributed by atoms with van der Waals surface area (Å²) in [5, 5.41) is 29.4. The largest absolute Gasteiger partial charge is 0.507 e. The first kappa shape index (κ1) is 26.4. The van der Waals surface area contributed by atoms with Crippen LogP contribution in [0.25, 0.3) is 21.7 Å². The molecule has 8 nitrogen and oxygen atoms in total. The first-order valence-electron chi connectivity index (χ1n) is 12.2. The molecular weight excluding hydrogens is 525 g/mol. The lowest BCUT2D eigenvalue weighted by molar-refractivity contribution is 0.0698. The summed E-state index contributed by atoms with van der Waals surface area (Å²) < 4.78 is 25.1. The fourth-order valence-corrected chi connectivity index (χ4v) is 4.81. The topological polar surface area (TPSA) is 117 Å². The van der Waals surface area contributed by atoms with Crippen LogP contribution in [0.4, 0.5) is 4.39 Å². The number of rotatable bonds is 10.